The van der Waals surface area contributed by atoms with Crippen molar-refractivity contribution in [2.45, 2.75) is 45.6 Å². The number of rotatable bonds is 5. The number of hydrogen-bond acceptors (Lipinski definition) is 2. The van der Waals surface area contributed by atoms with E-state index in [1.165, 1.54) is 11.1 Å². The monoisotopic (exact) mass is 383 g/mol. The first-order chi connectivity index (χ1) is 12.7. The van der Waals surface area contributed by atoms with E-state index in [1.54, 1.807) is 0 Å². The van der Waals surface area contributed by atoms with Crippen molar-refractivity contribution < 1.29 is 4.79 Å². The number of carbonyl (C=O) groups is 1. The van der Waals surface area contributed by atoms with Gasteiger partial charge in [0.05, 0.1) is 11.0 Å². The Morgan fingerprint density at radius 3 is 2.59 bits per heavy atom. The van der Waals surface area contributed by atoms with Crippen molar-refractivity contribution in [2.75, 3.05) is 11.4 Å². The highest BCUT2D eigenvalue weighted by Gasteiger charge is 2.35. The van der Waals surface area contributed by atoms with Gasteiger partial charge in [0, 0.05) is 31.1 Å². The maximum absolute atomic E-state index is 12.8. The molecule has 27 heavy (non-hydrogen) atoms. The van der Waals surface area contributed by atoms with Gasteiger partial charge < -0.3 is 9.47 Å². The third-order valence-electron chi connectivity index (χ3n) is 5.28. The third-order valence-corrected chi connectivity index (χ3v) is 5.28. The van der Waals surface area contributed by atoms with Crippen LogP contribution in [-0.2, 0) is 17.8 Å². The second-order valence-corrected chi connectivity index (χ2v) is 7.00. The third kappa shape index (κ3) is 3.46. The molecule has 4 rings (SSSR count). The van der Waals surface area contributed by atoms with E-state index < -0.39 is 0 Å². The first-order valence-electron chi connectivity index (χ1n) is 9.56. The first kappa shape index (κ1) is 19.4. The zero-order valence-electron chi connectivity index (χ0n) is 15.9. The molecule has 3 aromatic rings. The molecule has 1 amide bonds. The molecule has 1 fully saturated rings. The van der Waals surface area contributed by atoms with Gasteiger partial charge in [-0.25, -0.2) is 4.98 Å². The fraction of sp³-hybridized carbons (Fsp3) is 0.364. The summed E-state index contributed by atoms with van der Waals surface area (Å²) in [6.45, 7) is 5.97. The van der Waals surface area contributed by atoms with Crippen molar-refractivity contribution >= 4 is 35.0 Å². The summed E-state index contributed by atoms with van der Waals surface area (Å²) in [7, 11) is 0. The van der Waals surface area contributed by atoms with Gasteiger partial charge in [-0.15, -0.1) is 12.4 Å². The maximum atomic E-state index is 12.8. The van der Waals surface area contributed by atoms with Gasteiger partial charge in [-0.2, -0.15) is 0 Å². The molecule has 0 bridgehead atoms. The number of halogens is 1. The van der Waals surface area contributed by atoms with Crippen LogP contribution in [0.1, 0.15) is 44.0 Å². The summed E-state index contributed by atoms with van der Waals surface area (Å²) in [4.78, 5) is 19.7. The molecule has 0 aliphatic carbocycles. The van der Waals surface area contributed by atoms with Crippen molar-refractivity contribution in [1.82, 2.24) is 9.55 Å². The van der Waals surface area contributed by atoms with E-state index >= 15 is 0 Å². The summed E-state index contributed by atoms with van der Waals surface area (Å²) in [6, 6.07) is 16.5. The molecule has 1 aliphatic heterocycles. The van der Waals surface area contributed by atoms with Crippen LogP contribution in [0, 0.1) is 0 Å². The average Bonchev–Trinajstić information content (AvgIpc) is 3.23. The van der Waals surface area contributed by atoms with Crippen molar-refractivity contribution in [3.05, 3.63) is 59.9 Å². The molecule has 2 aromatic carbocycles. The maximum Gasteiger partial charge on any atom is 0.227 e. The lowest BCUT2D eigenvalue weighted by Gasteiger charge is -2.20. The number of para-hydroxylation sites is 3. The van der Waals surface area contributed by atoms with Crippen LogP contribution in [0.15, 0.2) is 48.5 Å². The second kappa shape index (κ2) is 8.13. The second-order valence-electron chi connectivity index (χ2n) is 7.00. The zero-order valence-corrected chi connectivity index (χ0v) is 16.7. The number of anilines is 1. The van der Waals surface area contributed by atoms with Gasteiger partial charge in [-0.1, -0.05) is 44.2 Å². The lowest BCUT2D eigenvalue weighted by molar-refractivity contribution is -0.117. The Morgan fingerprint density at radius 1 is 1.07 bits per heavy atom. The van der Waals surface area contributed by atoms with Gasteiger partial charge in [-0.3, -0.25) is 4.79 Å². The Balaban J connectivity index is 0.00000210. The number of aryl methyl sites for hydroxylation is 2. The highest BCUT2D eigenvalue weighted by atomic mass is 35.5. The van der Waals surface area contributed by atoms with Gasteiger partial charge in [-0.05, 0) is 36.6 Å². The Hall–Kier alpha value is -2.33. The largest absolute Gasteiger partial charge is 0.328 e. The fourth-order valence-electron chi connectivity index (χ4n) is 4.05. The smallest absolute Gasteiger partial charge is 0.227 e. The van der Waals surface area contributed by atoms with Gasteiger partial charge in [0.2, 0.25) is 5.91 Å². The fourth-order valence-corrected chi connectivity index (χ4v) is 4.05. The van der Waals surface area contributed by atoms with Crippen molar-refractivity contribution in [3.8, 4) is 0 Å². The lowest BCUT2D eigenvalue weighted by atomic mass is 10.1. The molecule has 4 nitrogen and oxygen atoms in total. The number of fused-ring (bicyclic) bond motifs is 1. The molecule has 0 spiro atoms. The molecule has 142 valence electrons. The minimum atomic E-state index is 0. The van der Waals surface area contributed by atoms with E-state index in [2.05, 4.69) is 48.7 Å². The number of imidazole rings is 1. The minimum Gasteiger partial charge on any atom is -0.328 e. The normalized spacial score (nSPS) is 16.7. The topological polar surface area (TPSA) is 38.1 Å². The molecule has 0 radical (unpaired) electrons. The Labute approximate surface area is 166 Å². The highest BCUT2D eigenvalue weighted by Crippen LogP contribution is 2.34. The van der Waals surface area contributed by atoms with Crippen molar-refractivity contribution in [2.24, 2.45) is 0 Å². The zero-order chi connectivity index (χ0) is 18.1. The number of aromatic nitrogens is 2. The molecule has 1 atom stereocenters. The van der Waals surface area contributed by atoms with Crippen molar-refractivity contribution in [1.29, 1.82) is 0 Å². The molecule has 1 saturated heterocycles. The summed E-state index contributed by atoms with van der Waals surface area (Å²) < 4.78 is 2.31. The van der Waals surface area contributed by atoms with Gasteiger partial charge in [0.15, 0.2) is 0 Å². The van der Waals surface area contributed by atoms with E-state index in [0.717, 1.165) is 36.4 Å². The van der Waals surface area contributed by atoms with Crippen LogP contribution in [0.3, 0.4) is 0 Å². The van der Waals surface area contributed by atoms with Crippen LogP contribution in [0.5, 0.6) is 0 Å². The van der Waals surface area contributed by atoms with Gasteiger partial charge in [0.25, 0.3) is 0 Å². The van der Waals surface area contributed by atoms with E-state index in [-0.39, 0.29) is 24.2 Å². The van der Waals surface area contributed by atoms with Crippen LogP contribution >= 0.6 is 12.4 Å². The molecular formula is C22H26ClN3O. The van der Waals surface area contributed by atoms with E-state index in [9.17, 15) is 4.79 Å². The highest BCUT2D eigenvalue weighted by molar-refractivity contribution is 5.97. The molecular weight excluding hydrogens is 358 g/mol. The molecule has 2 heterocycles. The number of nitrogens with zero attached hydrogens (tertiary/aromatic N) is 3. The van der Waals surface area contributed by atoms with E-state index in [4.69, 9.17) is 4.98 Å². The van der Waals surface area contributed by atoms with Gasteiger partial charge in [0.1, 0.15) is 5.82 Å². The number of hydrogen-bond donors (Lipinski definition) is 0. The standard InChI is InChI=1S/C22H25N3O.ClH/c1-3-13-24-20-12-8-6-10-18(20)23-22(24)17-14-21(26)25(15-17)19-11-7-5-9-16(19)4-2;/h5-12,17H,3-4,13-15H2,1-2H3;1H. The predicted octanol–water partition coefficient (Wildman–Crippen LogP) is 4.95. The minimum absolute atomic E-state index is 0. The van der Waals surface area contributed by atoms with E-state index in [0.29, 0.717) is 13.0 Å². The van der Waals surface area contributed by atoms with E-state index in [1.807, 2.05) is 23.1 Å². The Bertz CT molecular complexity index is 950. The summed E-state index contributed by atoms with van der Waals surface area (Å²) in [6.07, 6.45) is 2.51. The summed E-state index contributed by atoms with van der Waals surface area (Å²) in [5, 5.41) is 0. The lowest BCUT2D eigenvalue weighted by Crippen LogP contribution is -2.25. The van der Waals surface area contributed by atoms with Crippen LogP contribution in [0.25, 0.3) is 11.0 Å². The van der Waals surface area contributed by atoms with Crippen LogP contribution < -0.4 is 4.90 Å². The summed E-state index contributed by atoms with van der Waals surface area (Å²) in [5.41, 5.74) is 4.48. The number of carbonyl (C=O) groups excluding carboxylic acids is 1. The van der Waals surface area contributed by atoms with Crippen molar-refractivity contribution in [3.63, 3.8) is 0 Å². The quantitative estimate of drug-likeness (QED) is 0.625. The molecule has 5 heteroatoms. The number of amides is 1. The predicted molar refractivity (Wildman–Crippen MR) is 113 cm³/mol. The molecule has 1 unspecified atom stereocenters. The SMILES string of the molecule is CCCn1c(C2CC(=O)N(c3ccccc3CC)C2)nc2ccccc21.Cl. The van der Waals surface area contributed by atoms with Gasteiger partial charge >= 0.3 is 0 Å². The Morgan fingerprint density at radius 2 is 1.81 bits per heavy atom. The first-order valence-corrected chi connectivity index (χ1v) is 9.56. The molecule has 0 N–H and O–H groups in total. The van der Waals surface area contributed by atoms with Crippen LogP contribution in [0.4, 0.5) is 5.69 Å². The summed E-state index contributed by atoms with van der Waals surface area (Å²) >= 11 is 0. The van der Waals surface area contributed by atoms with Crippen LogP contribution in [0.2, 0.25) is 0 Å². The van der Waals surface area contributed by atoms with Crippen LogP contribution in [-0.4, -0.2) is 22.0 Å². The average molecular weight is 384 g/mol. The number of benzene rings is 2. The Kier molecular flexibility index (Phi) is 5.85. The summed E-state index contributed by atoms with van der Waals surface area (Å²) in [5.74, 6) is 1.40. The molecule has 0 saturated carbocycles. The molecule has 1 aliphatic rings. The molecule has 1 aromatic heterocycles.